The van der Waals surface area contributed by atoms with E-state index in [0.29, 0.717) is 12.5 Å². The second-order valence-corrected chi connectivity index (χ2v) is 5.78. The third kappa shape index (κ3) is 4.92. The van der Waals surface area contributed by atoms with E-state index in [1.165, 1.54) is 9.75 Å². The number of guanidine groups is 1. The molecule has 1 aliphatic heterocycles. The van der Waals surface area contributed by atoms with Gasteiger partial charge in [0.25, 0.3) is 0 Å². The Kier molecular flexibility index (Phi) is 7.09. The molecular weight excluding hydrogens is 373 g/mol. The topological polar surface area (TPSA) is 50.8 Å². The second kappa shape index (κ2) is 8.06. The predicted octanol–water partition coefficient (Wildman–Crippen LogP) is 2.46. The van der Waals surface area contributed by atoms with Crippen LogP contribution in [0.2, 0.25) is 0 Å². The van der Waals surface area contributed by atoms with Crippen LogP contribution in [0.5, 0.6) is 0 Å². The number of aliphatic imine (C=N–C) groups is 1. The monoisotopic (exact) mass is 395 g/mol. The van der Waals surface area contributed by atoms with Gasteiger partial charge in [0.1, 0.15) is 0 Å². The molecule has 2 rings (SSSR count). The minimum atomic E-state index is 0. The van der Waals surface area contributed by atoms with Crippen LogP contribution in [0.3, 0.4) is 0 Å². The lowest BCUT2D eigenvalue weighted by atomic mass is 10.3. The molecule has 2 N–H and O–H groups in total. The fourth-order valence-electron chi connectivity index (χ4n) is 1.98. The number of rotatable bonds is 3. The number of hydrogen-bond acceptors (Lipinski definition) is 3. The summed E-state index contributed by atoms with van der Waals surface area (Å²) in [6, 6.07) is 4.31. The van der Waals surface area contributed by atoms with E-state index in [1.54, 1.807) is 0 Å². The minimum Gasteiger partial charge on any atom is -0.375 e. The highest BCUT2D eigenvalue weighted by Gasteiger charge is 2.17. The van der Waals surface area contributed by atoms with Crippen LogP contribution in [0.25, 0.3) is 0 Å². The summed E-state index contributed by atoms with van der Waals surface area (Å²) in [4.78, 5) is 9.25. The molecule has 1 unspecified atom stereocenters. The van der Waals surface area contributed by atoms with Crippen LogP contribution >= 0.6 is 35.3 Å². The number of morpholine rings is 1. The molecule has 19 heavy (non-hydrogen) atoms. The van der Waals surface area contributed by atoms with Gasteiger partial charge < -0.3 is 15.4 Å². The summed E-state index contributed by atoms with van der Waals surface area (Å²) >= 11 is 1.82. The Labute approximate surface area is 136 Å². The standard InChI is InChI=1S/C13H21N3OS.HI/c1-3-11-4-5-12(18-11)8-15-13(14)16-6-7-17-10(2)9-16;/h4-5,10H,3,6-9H2,1-2H3,(H2,14,15);1H. The van der Waals surface area contributed by atoms with Crippen LogP contribution in [0.15, 0.2) is 17.1 Å². The number of halogens is 1. The number of nitrogens with two attached hydrogens (primary N) is 1. The van der Waals surface area contributed by atoms with Crippen LogP contribution in [0, 0.1) is 0 Å². The quantitative estimate of drug-likeness (QED) is 0.486. The van der Waals surface area contributed by atoms with E-state index in [2.05, 4.69) is 35.9 Å². The fraction of sp³-hybridized carbons (Fsp3) is 0.615. The van der Waals surface area contributed by atoms with Gasteiger partial charge in [-0.25, -0.2) is 4.99 Å². The first kappa shape index (κ1) is 16.7. The first-order valence-corrected chi connectivity index (χ1v) is 7.24. The number of nitrogens with zero attached hydrogens (tertiary/aromatic N) is 2. The van der Waals surface area contributed by atoms with Crippen LogP contribution in [0.1, 0.15) is 23.6 Å². The maximum atomic E-state index is 6.02. The normalized spacial score (nSPS) is 20.2. The molecule has 0 aromatic carbocycles. The van der Waals surface area contributed by atoms with Gasteiger partial charge in [-0.05, 0) is 25.5 Å². The molecule has 0 bridgehead atoms. The van der Waals surface area contributed by atoms with Crippen LogP contribution in [0.4, 0.5) is 0 Å². The molecule has 0 spiro atoms. The SMILES string of the molecule is CCc1ccc(CN=C(N)N2CCOC(C)C2)s1.I. The first-order chi connectivity index (χ1) is 8.69. The lowest BCUT2D eigenvalue weighted by Gasteiger charge is -2.31. The molecule has 0 saturated carbocycles. The van der Waals surface area contributed by atoms with Gasteiger partial charge in [-0.2, -0.15) is 0 Å². The Balaban J connectivity index is 0.00000180. The Morgan fingerprint density at radius 3 is 2.89 bits per heavy atom. The molecule has 4 nitrogen and oxygen atoms in total. The zero-order valence-electron chi connectivity index (χ0n) is 11.5. The molecule has 6 heteroatoms. The first-order valence-electron chi connectivity index (χ1n) is 6.43. The van der Waals surface area contributed by atoms with Crippen molar-refractivity contribution in [3.63, 3.8) is 0 Å². The summed E-state index contributed by atoms with van der Waals surface area (Å²) in [5.41, 5.74) is 6.02. The molecule has 2 heterocycles. The van der Waals surface area contributed by atoms with Crippen molar-refractivity contribution in [3.05, 3.63) is 21.9 Å². The zero-order chi connectivity index (χ0) is 13.0. The highest BCUT2D eigenvalue weighted by Crippen LogP contribution is 2.17. The average molecular weight is 395 g/mol. The van der Waals surface area contributed by atoms with Gasteiger partial charge in [0.05, 0.1) is 19.3 Å². The summed E-state index contributed by atoms with van der Waals surface area (Å²) in [6.45, 7) is 7.32. The lowest BCUT2D eigenvalue weighted by molar-refractivity contribution is 0.00529. The second-order valence-electron chi connectivity index (χ2n) is 4.52. The Bertz CT molecular complexity index is 422. The Morgan fingerprint density at radius 2 is 2.26 bits per heavy atom. The van der Waals surface area contributed by atoms with Crippen molar-refractivity contribution in [1.29, 1.82) is 0 Å². The van der Waals surface area contributed by atoms with E-state index in [-0.39, 0.29) is 30.1 Å². The van der Waals surface area contributed by atoms with Crippen LogP contribution in [-0.2, 0) is 17.7 Å². The van der Waals surface area contributed by atoms with Crippen molar-refractivity contribution < 1.29 is 4.74 Å². The number of ether oxygens (including phenoxy) is 1. The number of thiophene rings is 1. The zero-order valence-corrected chi connectivity index (χ0v) is 14.6. The molecular formula is C13H22IN3OS. The van der Waals surface area contributed by atoms with Crippen molar-refractivity contribution >= 4 is 41.3 Å². The summed E-state index contributed by atoms with van der Waals surface area (Å²) in [5.74, 6) is 0.636. The summed E-state index contributed by atoms with van der Waals surface area (Å²) in [6.07, 6.45) is 1.33. The van der Waals surface area contributed by atoms with E-state index in [4.69, 9.17) is 10.5 Å². The molecule has 0 aliphatic carbocycles. The number of aryl methyl sites for hydroxylation is 1. The van der Waals surface area contributed by atoms with E-state index >= 15 is 0 Å². The largest absolute Gasteiger partial charge is 0.375 e. The molecule has 0 radical (unpaired) electrons. The van der Waals surface area contributed by atoms with Crippen LogP contribution in [-0.4, -0.2) is 36.7 Å². The highest BCUT2D eigenvalue weighted by molar-refractivity contribution is 14.0. The molecule has 108 valence electrons. The molecule has 1 aromatic rings. The summed E-state index contributed by atoms with van der Waals surface area (Å²) in [7, 11) is 0. The fourth-order valence-corrected chi connectivity index (χ4v) is 2.87. The van der Waals surface area contributed by atoms with Gasteiger partial charge in [-0.3, -0.25) is 0 Å². The van der Waals surface area contributed by atoms with Gasteiger partial charge in [-0.1, -0.05) is 6.92 Å². The van der Waals surface area contributed by atoms with Crippen molar-refractivity contribution in [2.45, 2.75) is 32.9 Å². The third-order valence-corrected chi connectivity index (χ3v) is 4.24. The molecule has 1 atom stereocenters. The van der Waals surface area contributed by atoms with Crippen molar-refractivity contribution in [2.24, 2.45) is 10.7 Å². The molecule has 0 amide bonds. The third-order valence-electron chi connectivity index (χ3n) is 3.03. The van der Waals surface area contributed by atoms with Gasteiger partial charge in [0.15, 0.2) is 5.96 Å². The van der Waals surface area contributed by atoms with Crippen molar-refractivity contribution in [1.82, 2.24) is 4.90 Å². The van der Waals surface area contributed by atoms with Gasteiger partial charge >= 0.3 is 0 Å². The Hall–Kier alpha value is -0.340. The van der Waals surface area contributed by atoms with Crippen LogP contribution < -0.4 is 5.73 Å². The lowest BCUT2D eigenvalue weighted by Crippen LogP contribution is -2.47. The van der Waals surface area contributed by atoms with Gasteiger partial charge in [0.2, 0.25) is 0 Å². The maximum absolute atomic E-state index is 6.02. The molecule has 1 fully saturated rings. The van der Waals surface area contributed by atoms with E-state index in [1.807, 2.05) is 11.3 Å². The average Bonchev–Trinajstić information content (AvgIpc) is 2.84. The van der Waals surface area contributed by atoms with E-state index in [0.717, 1.165) is 26.1 Å². The van der Waals surface area contributed by atoms with Crippen molar-refractivity contribution in [3.8, 4) is 0 Å². The minimum absolute atomic E-state index is 0. The highest BCUT2D eigenvalue weighted by atomic mass is 127. The smallest absolute Gasteiger partial charge is 0.191 e. The maximum Gasteiger partial charge on any atom is 0.191 e. The Morgan fingerprint density at radius 1 is 1.53 bits per heavy atom. The number of hydrogen-bond donors (Lipinski definition) is 1. The summed E-state index contributed by atoms with van der Waals surface area (Å²) < 4.78 is 5.49. The molecule has 1 aliphatic rings. The van der Waals surface area contributed by atoms with E-state index < -0.39 is 0 Å². The van der Waals surface area contributed by atoms with Crippen molar-refractivity contribution in [2.75, 3.05) is 19.7 Å². The summed E-state index contributed by atoms with van der Waals surface area (Å²) in [5, 5.41) is 0. The predicted molar refractivity (Wildman–Crippen MR) is 91.4 cm³/mol. The molecule has 1 saturated heterocycles. The van der Waals surface area contributed by atoms with Gasteiger partial charge in [-0.15, -0.1) is 35.3 Å². The van der Waals surface area contributed by atoms with E-state index in [9.17, 15) is 0 Å². The van der Waals surface area contributed by atoms with Gasteiger partial charge in [0, 0.05) is 22.8 Å². The molecule has 1 aromatic heterocycles.